The SMILES string of the molecule is CC(=O)NC1CCCN(C(C(=O)O)c2ccccc2Br)C1. The highest BCUT2D eigenvalue weighted by molar-refractivity contribution is 9.10. The van der Waals surface area contributed by atoms with Crippen LogP contribution in [0.4, 0.5) is 0 Å². The number of likely N-dealkylation sites (tertiary alicyclic amines) is 1. The number of benzene rings is 1. The summed E-state index contributed by atoms with van der Waals surface area (Å²) < 4.78 is 0.791. The monoisotopic (exact) mass is 354 g/mol. The maximum atomic E-state index is 11.7. The van der Waals surface area contributed by atoms with E-state index in [9.17, 15) is 14.7 Å². The number of aliphatic carboxylic acids is 1. The molecular weight excluding hydrogens is 336 g/mol. The van der Waals surface area contributed by atoms with Gasteiger partial charge in [0.25, 0.3) is 0 Å². The van der Waals surface area contributed by atoms with Gasteiger partial charge in [0.1, 0.15) is 6.04 Å². The minimum atomic E-state index is -0.870. The number of hydrogen-bond donors (Lipinski definition) is 2. The fraction of sp³-hybridized carbons (Fsp3) is 0.467. The molecule has 1 saturated heterocycles. The molecule has 1 aromatic carbocycles. The van der Waals surface area contributed by atoms with E-state index in [1.807, 2.05) is 29.2 Å². The fourth-order valence-corrected chi connectivity index (χ4v) is 3.33. The van der Waals surface area contributed by atoms with Crippen molar-refractivity contribution >= 4 is 27.8 Å². The van der Waals surface area contributed by atoms with Crippen molar-refractivity contribution in [1.29, 1.82) is 0 Å². The molecule has 6 heteroatoms. The lowest BCUT2D eigenvalue weighted by Gasteiger charge is -2.37. The number of nitrogens with one attached hydrogen (secondary N) is 1. The molecule has 0 aromatic heterocycles. The highest BCUT2D eigenvalue weighted by Gasteiger charge is 2.32. The zero-order valence-electron chi connectivity index (χ0n) is 11.9. The molecule has 5 nitrogen and oxygen atoms in total. The lowest BCUT2D eigenvalue weighted by Crippen LogP contribution is -2.49. The summed E-state index contributed by atoms with van der Waals surface area (Å²) in [5, 5.41) is 12.5. The molecule has 1 fully saturated rings. The molecule has 0 bridgehead atoms. The topological polar surface area (TPSA) is 69.6 Å². The van der Waals surface area contributed by atoms with Gasteiger partial charge in [-0.3, -0.25) is 14.5 Å². The molecule has 2 rings (SSSR count). The minimum absolute atomic E-state index is 0.0144. The van der Waals surface area contributed by atoms with E-state index in [4.69, 9.17) is 0 Å². The van der Waals surface area contributed by atoms with Crippen molar-refractivity contribution in [2.24, 2.45) is 0 Å². The van der Waals surface area contributed by atoms with E-state index in [0.717, 1.165) is 22.9 Å². The number of carbonyl (C=O) groups excluding carboxylic acids is 1. The largest absolute Gasteiger partial charge is 0.480 e. The molecule has 1 heterocycles. The Morgan fingerprint density at radius 3 is 2.76 bits per heavy atom. The smallest absolute Gasteiger partial charge is 0.325 e. The van der Waals surface area contributed by atoms with Crippen molar-refractivity contribution in [2.45, 2.75) is 31.8 Å². The zero-order valence-corrected chi connectivity index (χ0v) is 13.5. The number of nitrogens with zero attached hydrogens (tertiary/aromatic N) is 1. The summed E-state index contributed by atoms with van der Waals surface area (Å²) in [6, 6.07) is 6.69. The zero-order chi connectivity index (χ0) is 15.4. The maximum Gasteiger partial charge on any atom is 0.325 e. The van der Waals surface area contributed by atoms with Gasteiger partial charge in [0.2, 0.25) is 5.91 Å². The van der Waals surface area contributed by atoms with Crippen LogP contribution >= 0.6 is 15.9 Å². The number of piperidine rings is 1. The van der Waals surface area contributed by atoms with Crippen LogP contribution in [0, 0.1) is 0 Å². The van der Waals surface area contributed by atoms with Crippen LogP contribution in [0.2, 0.25) is 0 Å². The summed E-state index contributed by atoms with van der Waals surface area (Å²) in [5.74, 6) is -0.944. The Labute approximate surface area is 132 Å². The summed E-state index contributed by atoms with van der Waals surface area (Å²) in [6.07, 6.45) is 1.76. The number of hydrogen-bond acceptors (Lipinski definition) is 3. The minimum Gasteiger partial charge on any atom is -0.480 e. The van der Waals surface area contributed by atoms with Crippen LogP contribution in [0.25, 0.3) is 0 Å². The van der Waals surface area contributed by atoms with Crippen LogP contribution in [-0.2, 0) is 9.59 Å². The Kier molecular flexibility index (Phi) is 5.36. The van der Waals surface area contributed by atoms with Gasteiger partial charge < -0.3 is 10.4 Å². The first-order valence-electron chi connectivity index (χ1n) is 6.97. The third-order valence-corrected chi connectivity index (χ3v) is 4.38. The normalized spacial score (nSPS) is 20.8. The van der Waals surface area contributed by atoms with Gasteiger partial charge in [0.05, 0.1) is 0 Å². The molecule has 1 aliphatic rings. The van der Waals surface area contributed by atoms with Crippen molar-refractivity contribution in [3.63, 3.8) is 0 Å². The molecule has 114 valence electrons. The van der Waals surface area contributed by atoms with Gasteiger partial charge in [-0.2, -0.15) is 0 Å². The van der Waals surface area contributed by atoms with Crippen LogP contribution in [0.3, 0.4) is 0 Å². The van der Waals surface area contributed by atoms with Crippen LogP contribution < -0.4 is 5.32 Å². The second kappa shape index (κ2) is 7.04. The quantitative estimate of drug-likeness (QED) is 0.869. The second-order valence-electron chi connectivity index (χ2n) is 5.30. The van der Waals surface area contributed by atoms with Crippen LogP contribution in [0.1, 0.15) is 31.4 Å². The Hall–Kier alpha value is -1.40. The van der Waals surface area contributed by atoms with E-state index in [2.05, 4.69) is 21.2 Å². The molecule has 2 N–H and O–H groups in total. The highest BCUT2D eigenvalue weighted by Crippen LogP contribution is 2.30. The Morgan fingerprint density at radius 1 is 1.43 bits per heavy atom. The lowest BCUT2D eigenvalue weighted by atomic mass is 9.99. The first-order valence-corrected chi connectivity index (χ1v) is 7.76. The number of rotatable bonds is 4. The highest BCUT2D eigenvalue weighted by atomic mass is 79.9. The van der Waals surface area contributed by atoms with E-state index in [-0.39, 0.29) is 11.9 Å². The van der Waals surface area contributed by atoms with E-state index in [1.165, 1.54) is 6.92 Å². The number of carboxylic acids is 1. The van der Waals surface area contributed by atoms with E-state index < -0.39 is 12.0 Å². The average molecular weight is 355 g/mol. The van der Waals surface area contributed by atoms with Crippen molar-refractivity contribution in [2.75, 3.05) is 13.1 Å². The molecule has 1 amide bonds. The standard InChI is InChI=1S/C15H19BrN2O3/c1-10(19)17-11-5-4-8-18(9-11)14(15(20)21)12-6-2-3-7-13(12)16/h2-3,6-7,11,14H,4-5,8-9H2,1H3,(H,17,19)(H,20,21). The third kappa shape index (κ3) is 4.04. The van der Waals surface area contributed by atoms with Gasteiger partial charge in [-0.05, 0) is 31.0 Å². The molecular formula is C15H19BrN2O3. The van der Waals surface area contributed by atoms with E-state index >= 15 is 0 Å². The second-order valence-corrected chi connectivity index (χ2v) is 6.15. The van der Waals surface area contributed by atoms with Gasteiger partial charge in [0.15, 0.2) is 0 Å². The summed E-state index contributed by atoms with van der Waals surface area (Å²) in [6.45, 7) is 2.76. The van der Waals surface area contributed by atoms with E-state index in [1.54, 1.807) is 0 Å². The van der Waals surface area contributed by atoms with Crippen molar-refractivity contribution < 1.29 is 14.7 Å². The summed E-state index contributed by atoms with van der Waals surface area (Å²) >= 11 is 3.43. The number of carbonyl (C=O) groups is 2. The average Bonchev–Trinajstić information content (AvgIpc) is 2.40. The predicted octanol–water partition coefficient (Wildman–Crippen LogP) is 2.18. The van der Waals surface area contributed by atoms with Crippen LogP contribution in [0.5, 0.6) is 0 Å². The van der Waals surface area contributed by atoms with E-state index in [0.29, 0.717) is 13.1 Å². The number of halogens is 1. The van der Waals surface area contributed by atoms with Gasteiger partial charge in [0, 0.05) is 24.0 Å². The number of amides is 1. The predicted molar refractivity (Wildman–Crippen MR) is 82.9 cm³/mol. The Morgan fingerprint density at radius 2 is 2.14 bits per heavy atom. The van der Waals surface area contributed by atoms with Gasteiger partial charge in [-0.25, -0.2) is 0 Å². The molecule has 0 radical (unpaired) electrons. The fourth-order valence-electron chi connectivity index (χ4n) is 2.83. The molecule has 2 unspecified atom stereocenters. The molecule has 0 spiro atoms. The molecule has 0 saturated carbocycles. The van der Waals surface area contributed by atoms with Crippen molar-refractivity contribution in [3.05, 3.63) is 34.3 Å². The molecule has 2 atom stereocenters. The summed E-state index contributed by atoms with van der Waals surface area (Å²) in [5.41, 5.74) is 0.744. The summed E-state index contributed by atoms with van der Waals surface area (Å²) in [7, 11) is 0. The molecule has 0 aliphatic carbocycles. The van der Waals surface area contributed by atoms with Gasteiger partial charge in [-0.15, -0.1) is 0 Å². The molecule has 1 aromatic rings. The van der Waals surface area contributed by atoms with Gasteiger partial charge >= 0.3 is 5.97 Å². The first-order chi connectivity index (χ1) is 9.99. The maximum absolute atomic E-state index is 11.7. The van der Waals surface area contributed by atoms with Crippen LogP contribution in [-0.4, -0.2) is 41.0 Å². The Balaban J connectivity index is 2.20. The molecule has 21 heavy (non-hydrogen) atoms. The molecule has 1 aliphatic heterocycles. The third-order valence-electron chi connectivity index (χ3n) is 3.66. The van der Waals surface area contributed by atoms with Crippen LogP contribution in [0.15, 0.2) is 28.7 Å². The Bertz CT molecular complexity index is 535. The number of carboxylic acid groups (broad SMARTS) is 1. The summed E-state index contributed by atoms with van der Waals surface area (Å²) in [4.78, 5) is 24.8. The first kappa shape index (κ1) is 16.0. The lowest BCUT2D eigenvalue weighted by molar-refractivity contribution is -0.144. The van der Waals surface area contributed by atoms with Crippen molar-refractivity contribution in [1.82, 2.24) is 10.2 Å². The van der Waals surface area contributed by atoms with Gasteiger partial charge in [-0.1, -0.05) is 34.1 Å². The van der Waals surface area contributed by atoms with Crippen molar-refractivity contribution in [3.8, 4) is 0 Å².